The molecule has 0 radical (unpaired) electrons. The standard InChI is InChI=1S/C12H14N4OS/c1-3-8(2)15-11(17)10-7-18-12(16-10)9-6-13-4-5-14-9/h4-8H,3H2,1-2H3,(H,15,17). The molecule has 2 aromatic rings. The Morgan fingerprint density at radius 3 is 3.00 bits per heavy atom. The molecule has 0 saturated heterocycles. The summed E-state index contributed by atoms with van der Waals surface area (Å²) < 4.78 is 0. The Labute approximate surface area is 109 Å². The lowest BCUT2D eigenvalue weighted by Gasteiger charge is -2.09. The van der Waals surface area contributed by atoms with Crippen molar-refractivity contribution in [1.82, 2.24) is 20.3 Å². The third-order valence-corrected chi connectivity index (χ3v) is 3.37. The summed E-state index contributed by atoms with van der Waals surface area (Å²) in [5.41, 5.74) is 1.12. The smallest absolute Gasteiger partial charge is 0.270 e. The van der Waals surface area contributed by atoms with Gasteiger partial charge in [-0.05, 0) is 13.3 Å². The number of nitrogens with one attached hydrogen (secondary N) is 1. The number of hydrogen-bond donors (Lipinski definition) is 1. The molecule has 18 heavy (non-hydrogen) atoms. The predicted octanol–water partition coefficient (Wildman–Crippen LogP) is 2.13. The molecular weight excluding hydrogens is 248 g/mol. The summed E-state index contributed by atoms with van der Waals surface area (Å²) in [5, 5.41) is 5.32. The van der Waals surface area contributed by atoms with Gasteiger partial charge in [-0.15, -0.1) is 11.3 Å². The summed E-state index contributed by atoms with van der Waals surface area (Å²) in [6, 6.07) is 0.152. The van der Waals surface area contributed by atoms with Crippen LogP contribution in [0.5, 0.6) is 0 Å². The van der Waals surface area contributed by atoms with Crippen LogP contribution in [0.1, 0.15) is 30.8 Å². The van der Waals surface area contributed by atoms with Crippen LogP contribution < -0.4 is 5.32 Å². The largest absolute Gasteiger partial charge is 0.348 e. The fraction of sp³-hybridized carbons (Fsp3) is 0.333. The molecule has 0 saturated carbocycles. The highest BCUT2D eigenvalue weighted by Gasteiger charge is 2.13. The first kappa shape index (κ1) is 12.6. The molecule has 0 aliphatic heterocycles. The Kier molecular flexibility index (Phi) is 3.99. The minimum Gasteiger partial charge on any atom is -0.348 e. The molecule has 1 N–H and O–H groups in total. The lowest BCUT2D eigenvalue weighted by atomic mass is 10.2. The second kappa shape index (κ2) is 5.68. The van der Waals surface area contributed by atoms with Crippen molar-refractivity contribution < 1.29 is 4.79 Å². The summed E-state index contributed by atoms with van der Waals surface area (Å²) in [7, 11) is 0. The van der Waals surface area contributed by atoms with Gasteiger partial charge in [-0.3, -0.25) is 14.8 Å². The van der Waals surface area contributed by atoms with Crippen LogP contribution in [0.25, 0.3) is 10.7 Å². The first-order chi connectivity index (χ1) is 8.70. The van der Waals surface area contributed by atoms with Crippen molar-refractivity contribution in [3.8, 4) is 10.7 Å². The molecule has 6 heteroatoms. The van der Waals surface area contributed by atoms with E-state index in [9.17, 15) is 4.79 Å². The van der Waals surface area contributed by atoms with Crippen LogP contribution >= 0.6 is 11.3 Å². The van der Waals surface area contributed by atoms with Gasteiger partial charge in [0.2, 0.25) is 0 Å². The summed E-state index contributed by atoms with van der Waals surface area (Å²) >= 11 is 1.39. The van der Waals surface area contributed by atoms with E-state index in [1.807, 2.05) is 13.8 Å². The summed E-state index contributed by atoms with van der Waals surface area (Å²) in [5.74, 6) is -0.143. The number of hydrogen-bond acceptors (Lipinski definition) is 5. The average molecular weight is 262 g/mol. The van der Waals surface area contributed by atoms with Crippen molar-refractivity contribution in [2.24, 2.45) is 0 Å². The zero-order valence-corrected chi connectivity index (χ0v) is 11.1. The Morgan fingerprint density at radius 2 is 2.33 bits per heavy atom. The number of aromatic nitrogens is 3. The SMILES string of the molecule is CCC(C)NC(=O)c1csc(-c2cnccn2)n1. The van der Waals surface area contributed by atoms with E-state index in [4.69, 9.17) is 0 Å². The van der Waals surface area contributed by atoms with Crippen molar-refractivity contribution in [3.05, 3.63) is 29.7 Å². The summed E-state index contributed by atoms with van der Waals surface area (Å²) in [6.07, 6.45) is 5.74. The zero-order valence-electron chi connectivity index (χ0n) is 10.3. The lowest BCUT2D eigenvalue weighted by molar-refractivity contribution is 0.0935. The normalized spacial score (nSPS) is 12.1. The third kappa shape index (κ3) is 2.89. The number of thiazole rings is 1. The molecule has 1 atom stereocenters. The Balaban J connectivity index is 2.13. The quantitative estimate of drug-likeness (QED) is 0.916. The highest BCUT2D eigenvalue weighted by molar-refractivity contribution is 7.13. The van der Waals surface area contributed by atoms with Crippen LogP contribution in [0.15, 0.2) is 24.0 Å². The van der Waals surface area contributed by atoms with Gasteiger partial charge in [-0.2, -0.15) is 0 Å². The Bertz CT molecular complexity index is 526. The van der Waals surface area contributed by atoms with E-state index in [0.29, 0.717) is 16.4 Å². The molecule has 2 aromatic heterocycles. The Morgan fingerprint density at radius 1 is 1.50 bits per heavy atom. The fourth-order valence-corrected chi connectivity index (χ4v) is 2.07. The van der Waals surface area contributed by atoms with Crippen LogP contribution in [0.3, 0.4) is 0 Å². The number of amides is 1. The van der Waals surface area contributed by atoms with E-state index < -0.39 is 0 Å². The lowest BCUT2D eigenvalue weighted by Crippen LogP contribution is -2.32. The molecule has 0 aliphatic carbocycles. The van der Waals surface area contributed by atoms with Gasteiger partial charge < -0.3 is 5.32 Å². The first-order valence-corrected chi connectivity index (χ1v) is 6.61. The van der Waals surface area contributed by atoms with Crippen LogP contribution in [-0.2, 0) is 0 Å². The van der Waals surface area contributed by atoms with Gasteiger partial charge in [0, 0.05) is 23.8 Å². The second-order valence-corrected chi connectivity index (χ2v) is 4.77. The van der Waals surface area contributed by atoms with Crippen molar-refractivity contribution in [3.63, 3.8) is 0 Å². The maximum Gasteiger partial charge on any atom is 0.270 e. The maximum absolute atomic E-state index is 11.9. The topological polar surface area (TPSA) is 67.8 Å². The molecule has 0 aromatic carbocycles. The van der Waals surface area contributed by atoms with Crippen LogP contribution in [0.4, 0.5) is 0 Å². The van der Waals surface area contributed by atoms with Gasteiger partial charge >= 0.3 is 0 Å². The van der Waals surface area contributed by atoms with E-state index in [0.717, 1.165) is 6.42 Å². The van der Waals surface area contributed by atoms with Gasteiger partial charge in [0.1, 0.15) is 16.4 Å². The number of rotatable bonds is 4. The molecule has 2 rings (SSSR count). The van der Waals surface area contributed by atoms with Crippen molar-refractivity contribution in [2.75, 3.05) is 0 Å². The minimum atomic E-state index is -0.143. The summed E-state index contributed by atoms with van der Waals surface area (Å²) in [6.45, 7) is 3.99. The van der Waals surface area contributed by atoms with Crippen molar-refractivity contribution >= 4 is 17.2 Å². The molecule has 94 valence electrons. The van der Waals surface area contributed by atoms with Gasteiger partial charge in [-0.1, -0.05) is 6.92 Å². The van der Waals surface area contributed by atoms with E-state index in [1.165, 1.54) is 11.3 Å². The monoisotopic (exact) mass is 262 g/mol. The molecule has 5 nitrogen and oxygen atoms in total. The van der Waals surface area contributed by atoms with Crippen LogP contribution in [0.2, 0.25) is 0 Å². The molecule has 2 heterocycles. The molecule has 0 bridgehead atoms. The van der Waals surface area contributed by atoms with E-state index in [1.54, 1.807) is 24.0 Å². The molecule has 0 spiro atoms. The van der Waals surface area contributed by atoms with Gasteiger partial charge in [0.05, 0.1) is 6.20 Å². The van der Waals surface area contributed by atoms with E-state index in [-0.39, 0.29) is 11.9 Å². The maximum atomic E-state index is 11.9. The van der Waals surface area contributed by atoms with Crippen molar-refractivity contribution in [1.29, 1.82) is 0 Å². The fourth-order valence-electron chi connectivity index (χ4n) is 1.31. The summed E-state index contributed by atoms with van der Waals surface area (Å²) in [4.78, 5) is 24.3. The van der Waals surface area contributed by atoms with E-state index >= 15 is 0 Å². The molecular formula is C12H14N4OS. The number of nitrogens with zero attached hydrogens (tertiary/aromatic N) is 3. The highest BCUT2D eigenvalue weighted by atomic mass is 32.1. The van der Waals surface area contributed by atoms with Gasteiger partial charge in [0.15, 0.2) is 0 Å². The van der Waals surface area contributed by atoms with Crippen molar-refractivity contribution in [2.45, 2.75) is 26.3 Å². The van der Waals surface area contributed by atoms with Crippen LogP contribution in [-0.4, -0.2) is 26.9 Å². The molecule has 0 aliphatic rings. The molecule has 0 fully saturated rings. The number of carbonyl (C=O) groups is 1. The minimum absolute atomic E-state index is 0.143. The Hall–Kier alpha value is -1.82. The predicted molar refractivity (Wildman–Crippen MR) is 70.4 cm³/mol. The molecule has 1 unspecified atom stereocenters. The van der Waals surface area contributed by atoms with Crippen LogP contribution in [0, 0.1) is 0 Å². The van der Waals surface area contributed by atoms with E-state index in [2.05, 4.69) is 20.3 Å². The first-order valence-electron chi connectivity index (χ1n) is 5.73. The van der Waals surface area contributed by atoms with Gasteiger partial charge in [0.25, 0.3) is 5.91 Å². The average Bonchev–Trinajstić information content (AvgIpc) is 2.89. The number of carbonyl (C=O) groups excluding carboxylic acids is 1. The second-order valence-electron chi connectivity index (χ2n) is 3.91. The molecule has 1 amide bonds. The highest BCUT2D eigenvalue weighted by Crippen LogP contribution is 2.20. The third-order valence-electron chi connectivity index (χ3n) is 2.51. The zero-order chi connectivity index (χ0) is 13.0. The van der Waals surface area contributed by atoms with Gasteiger partial charge in [-0.25, -0.2) is 4.98 Å².